The first-order chi connectivity index (χ1) is 7.69. The van der Waals surface area contributed by atoms with Crippen LogP contribution in [-0.2, 0) is 6.42 Å². The highest BCUT2D eigenvalue weighted by atomic mass is 35.5. The number of nitrogens with zero attached hydrogens (tertiary/aromatic N) is 3. The summed E-state index contributed by atoms with van der Waals surface area (Å²) in [6, 6.07) is 4.20. The van der Waals surface area contributed by atoms with Crippen molar-refractivity contribution in [3.8, 4) is 5.69 Å². The maximum atomic E-state index is 13.1. The van der Waals surface area contributed by atoms with Crippen molar-refractivity contribution < 1.29 is 4.39 Å². The lowest BCUT2D eigenvalue weighted by atomic mass is 10.3. The molecule has 1 aromatic heterocycles. The fraction of sp³-hybridized carbons (Fsp3) is 0.200. The van der Waals surface area contributed by atoms with E-state index in [-0.39, 0.29) is 0 Å². The van der Waals surface area contributed by atoms with E-state index >= 15 is 0 Å². The first-order valence-electron chi connectivity index (χ1n) is 4.77. The van der Waals surface area contributed by atoms with Gasteiger partial charge in [-0.15, -0.1) is 5.10 Å². The minimum Gasteiger partial charge on any atom is -0.330 e. The van der Waals surface area contributed by atoms with Crippen molar-refractivity contribution >= 4 is 11.6 Å². The van der Waals surface area contributed by atoms with E-state index in [4.69, 9.17) is 17.3 Å². The second-order valence-corrected chi connectivity index (χ2v) is 3.76. The standard InChI is InChI=1S/C10H10ClFN4/c11-7-3-8(12)5-10(4-7)16-6-9(1-2-13)14-15-16/h3-6H,1-2,13H2. The summed E-state index contributed by atoms with van der Waals surface area (Å²) < 4.78 is 14.6. The number of benzene rings is 1. The van der Waals surface area contributed by atoms with Crippen LogP contribution < -0.4 is 5.73 Å². The molecular weight excluding hydrogens is 231 g/mol. The van der Waals surface area contributed by atoms with E-state index in [0.717, 1.165) is 5.69 Å². The van der Waals surface area contributed by atoms with Gasteiger partial charge in [-0.1, -0.05) is 16.8 Å². The Morgan fingerprint density at radius 1 is 1.38 bits per heavy atom. The fourth-order valence-corrected chi connectivity index (χ4v) is 1.57. The molecule has 0 aliphatic heterocycles. The summed E-state index contributed by atoms with van der Waals surface area (Å²) in [5, 5.41) is 8.11. The zero-order valence-corrected chi connectivity index (χ0v) is 9.15. The van der Waals surface area contributed by atoms with Crippen molar-refractivity contribution in [3.05, 3.63) is 40.9 Å². The molecule has 2 aromatic rings. The van der Waals surface area contributed by atoms with Gasteiger partial charge in [0.15, 0.2) is 0 Å². The van der Waals surface area contributed by atoms with Crippen molar-refractivity contribution in [1.29, 1.82) is 0 Å². The molecule has 0 saturated carbocycles. The molecule has 4 nitrogen and oxygen atoms in total. The SMILES string of the molecule is NCCc1cn(-c2cc(F)cc(Cl)c2)nn1. The molecule has 0 aliphatic carbocycles. The molecule has 0 bridgehead atoms. The molecule has 0 spiro atoms. The first-order valence-corrected chi connectivity index (χ1v) is 5.14. The van der Waals surface area contributed by atoms with Gasteiger partial charge in [-0.25, -0.2) is 9.07 Å². The minimum atomic E-state index is -0.404. The number of halogens is 2. The van der Waals surface area contributed by atoms with Crippen molar-refractivity contribution in [1.82, 2.24) is 15.0 Å². The van der Waals surface area contributed by atoms with Crippen LogP contribution in [0.2, 0.25) is 5.02 Å². The second kappa shape index (κ2) is 4.59. The molecular formula is C10H10ClFN4. The normalized spacial score (nSPS) is 10.7. The molecule has 0 unspecified atom stereocenters. The largest absolute Gasteiger partial charge is 0.330 e. The Hall–Kier alpha value is -1.46. The maximum absolute atomic E-state index is 13.1. The summed E-state index contributed by atoms with van der Waals surface area (Å²) in [6.45, 7) is 0.503. The fourth-order valence-electron chi connectivity index (χ4n) is 1.36. The first kappa shape index (κ1) is 11.0. The molecule has 2 N–H and O–H groups in total. The van der Waals surface area contributed by atoms with E-state index in [0.29, 0.717) is 23.7 Å². The van der Waals surface area contributed by atoms with Crippen molar-refractivity contribution in [3.63, 3.8) is 0 Å². The van der Waals surface area contributed by atoms with E-state index < -0.39 is 5.82 Å². The van der Waals surface area contributed by atoms with Crippen LogP contribution in [0.5, 0.6) is 0 Å². The molecule has 0 radical (unpaired) electrons. The Morgan fingerprint density at radius 2 is 2.19 bits per heavy atom. The van der Waals surface area contributed by atoms with Gasteiger partial charge in [0, 0.05) is 11.4 Å². The molecule has 16 heavy (non-hydrogen) atoms. The molecule has 1 heterocycles. The molecule has 6 heteroatoms. The third-order valence-electron chi connectivity index (χ3n) is 2.05. The van der Waals surface area contributed by atoms with Gasteiger partial charge in [0.25, 0.3) is 0 Å². The number of hydrogen-bond acceptors (Lipinski definition) is 3. The highest BCUT2D eigenvalue weighted by Gasteiger charge is 2.04. The predicted octanol–water partition coefficient (Wildman–Crippen LogP) is 1.56. The van der Waals surface area contributed by atoms with Crippen molar-refractivity contribution in [2.24, 2.45) is 5.73 Å². The number of aromatic nitrogens is 3. The smallest absolute Gasteiger partial charge is 0.126 e. The van der Waals surface area contributed by atoms with Crippen molar-refractivity contribution in [2.45, 2.75) is 6.42 Å². The Morgan fingerprint density at radius 3 is 2.88 bits per heavy atom. The monoisotopic (exact) mass is 240 g/mol. The topological polar surface area (TPSA) is 56.7 Å². The summed E-state index contributed by atoms with van der Waals surface area (Å²) in [5.41, 5.74) is 6.71. The molecule has 1 aromatic carbocycles. The van der Waals surface area contributed by atoms with Crippen LogP contribution in [0, 0.1) is 5.82 Å². The van der Waals surface area contributed by atoms with Gasteiger partial charge in [-0.3, -0.25) is 0 Å². The average Bonchev–Trinajstić information content (AvgIpc) is 2.65. The molecule has 0 saturated heterocycles. The second-order valence-electron chi connectivity index (χ2n) is 3.32. The van der Waals surface area contributed by atoms with Crippen LogP contribution in [0.3, 0.4) is 0 Å². The van der Waals surface area contributed by atoms with Gasteiger partial charge in [-0.2, -0.15) is 0 Å². The third kappa shape index (κ3) is 2.37. The molecule has 0 fully saturated rings. The Labute approximate surface area is 96.8 Å². The van der Waals surface area contributed by atoms with Crippen LogP contribution in [0.25, 0.3) is 5.69 Å². The van der Waals surface area contributed by atoms with E-state index in [2.05, 4.69) is 10.3 Å². The maximum Gasteiger partial charge on any atom is 0.126 e. The van der Waals surface area contributed by atoms with E-state index in [1.165, 1.54) is 16.8 Å². The highest BCUT2D eigenvalue weighted by Crippen LogP contribution is 2.16. The Bertz CT molecular complexity index is 477. The lowest BCUT2D eigenvalue weighted by Gasteiger charge is -2.00. The molecule has 2 rings (SSSR count). The summed E-state index contributed by atoms with van der Waals surface area (Å²) >= 11 is 5.75. The Balaban J connectivity index is 2.34. The number of nitrogens with two attached hydrogens (primary N) is 1. The zero-order chi connectivity index (χ0) is 11.5. The zero-order valence-electron chi connectivity index (χ0n) is 8.40. The van der Waals surface area contributed by atoms with Gasteiger partial charge in [0.05, 0.1) is 17.6 Å². The molecule has 84 valence electrons. The summed E-state index contributed by atoms with van der Waals surface area (Å²) in [4.78, 5) is 0. The van der Waals surface area contributed by atoms with Crippen LogP contribution >= 0.6 is 11.6 Å². The van der Waals surface area contributed by atoms with Crippen LogP contribution in [0.1, 0.15) is 5.69 Å². The van der Waals surface area contributed by atoms with Crippen LogP contribution in [-0.4, -0.2) is 21.5 Å². The molecule has 0 aliphatic rings. The van der Waals surface area contributed by atoms with Gasteiger partial charge in [0.1, 0.15) is 5.82 Å². The lowest BCUT2D eigenvalue weighted by molar-refractivity contribution is 0.625. The number of rotatable bonds is 3. The quantitative estimate of drug-likeness (QED) is 0.886. The lowest BCUT2D eigenvalue weighted by Crippen LogP contribution is -2.02. The average molecular weight is 241 g/mol. The highest BCUT2D eigenvalue weighted by molar-refractivity contribution is 6.30. The number of hydrogen-bond donors (Lipinski definition) is 1. The van der Waals surface area contributed by atoms with Crippen LogP contribution in [0.4, 0.5) is 4.39 Å². The Kier molecular flexibility index (Phi) is 3.17. The summed E-state index contributed by atoms with van der Waals surface area (Å²) in [5.74, 6) is -0.404. The summed E-state index contributed by atoms with van der Waals surface area (Å²) in [7, 11) is 0. The summed E-state index contributed by atoms with van der Waals surface area (Å²) in [6.07, 6.45) is 2.35. The van der Waals surface area contributed by atoms with E-state index in [1.54, 1.807) is 12.3 Å². The minimum absolute atomic E-state index is 0.325. The third-order valence-corrected chi connectivity index (χ3v) is 2.27. The molecule has 0 amide bonds. The molecule has 0 atom stereocenters. The van der Waals surface area contributed by atoms with E-state index in [9.17, 15) is 4.39 Å². The van der Waals surface area contributed by atoms with Gasteiger partial charge in [0.2, 0.25) is 0 Å². The van der Waals surface area contributed by atoms with Crippen LogP contribution in [0.15, 0.2) is 24.4 Å². The van der Waals surface area contributed by atoms with Gasteiger partial charge < -0.3 is 5.73 Å². The van der Waals surface area contributed by atoms with Crippen molar-refractivity contribution in [2.75, 3.05) is 6.54 Å². The van der Waals surface area contributed by atoms with E-state index in [1.807, 2.05) is 0 Å². The predicted molar refractivity (Wildman–Crippen MR) is 59.1 cm³/mol. The van der Waals surface area contributed by atoms with Gasteiger partial charge >= 0.3 is 0 Å². The van der Waals surface area contributed by atoms with Gasteiger partial charge in [-0.05, 0) is 24.7 Å².